The van der Waals surface area contributed by atoms with E-state index >= 15 is 0 Å². The van der Waals surface area contributed by atoms with Gasteiger partial charge in [-0.05, 0) is 29.8 Å². The molecule has 1 aromatic heterocycles. The van der Waals surface area contributed by atoms with Crippen LogP contribution in [0.3, 0.4) is 0 Å². The van der Waals surface area contributed by atoms with E-state index in [2.05, 4.69) is 129 Å². The van der Waals surface area contributed by atoms with E-state index < -0.39 is 0 Å². The summed E-state index contributed by atoms with van der Waals surface area (Å²) in [5.41, 5.74) is 7.75. The number of anilines is 1. The van der Waals surface area contributed by atoms with Crippen molar-refractivity contribution in [3.63, 3.8) is 0 Å². The maximum atomic E-state index is 5.25. The van der Waals surface area contributed by atoms with Gasteiger partial charge in [-0.15, -0.1) is 0 Å². The molecule has 1 aliphatic heterocycles. The molecule has 0 saturated heterocycles. The Kier molecular flexibility index (Phi) is 4.66. The van der Waals surface area contributed by atoms with Crippen LogP contribution in [-0.2, 0) is 0 Å². The second-order valence-corrected chi connectivity index (χ2v) is 8.79. The fraction of sp³-hybridized carbons (Fsp3) is 0.0357. The lowest BCUT2D eigenvalue weighted by molar-refractivity contribution is 0.656. The third-order valence-corrected chi connectivity index (χ3v) is 6.44. The highest BCUT2D eigenvalue weighted by Crippen LogP contribution is 2.45. The van der Waals surface area contributed by atoms with E-state index in [0.29, 0.717) is 0 Å². The first kappa shape index (κ1) is 19.1. The van der Waals surface area contributed by atoms with Gasteiger partial charge in [-0.25, -0.2) is 4.98 Å². The van der Waals surface area contributed by atoms with Crippen molar-refractivity contribution in [1.29, 1.82) is 0 Å². The average molecular weight is 478 g/mol. The van der Waals surface area contributed by atoms with E-state index in [4.69, 9.17) is 4.98 Å². The molecule has 1 unspecified atom stereocenters. The number of nitrogens with one attached hydrogen (secondary N) is 1. The predicted octanol–water partition coefficient (Wildman–Crippen LogP) is 7.62. The number of para-hydroxylation sites is 1. The van der Waals surface area contributed by atoms with Gasteiger partial charge in [-0.3, -0.25) is 4.57 Å². The van der Waals surface area contributed by atoms with Gasteiger partial charge in [0.15, 0.2) is 0 Å². The molecule has 0 spiro atoms. The summed E-state index contributed by atoms with van der Waals surface area (Å²) in [7, 11) is 0. The lowest BCUT2D eigenvalue weighted by atomic mass is 10.0. The van der Waals surface area contributed by atoms with Gasteiger partial charge in [0.25, 0.3) is 0 Å². The van der Waals surface area contributed by atoms with Gasteiger partial charge in [0.1, 0.15) is 12.0 Å². The summed E-state index contributed by atoms with van der Waals surface area (Å²) in [6, 6.07) is 37.9. The maximum absolute atomic E-state index is 5.25. The summed E-state index contributed by atoms with van der Waals surface area (Å²) in [5, 5.41) is 3.77. The summed E-state index contributed by atoms with van der Waals surface area (Å²) in [6.07, 6.45) is -0.0758. The fourth-order valence-electron chi connectivity index (χ4n) is 4.44. The molecule has 0 aliphatic carbocycles. The van der Waals surface area contributed by atoms with Crippen LogP contribution in [0.25, 0.3) is 33.9 Å². The Labute approximate surface area is 195 Å². The Morgan fingerprint density at radius 3 is 2.03 bits per heavy atom. The van der Waals surface area contributed by atoms with Crippen molar-refractivity contribution in [2.45, 2.75) is 6.17 Å². The van der Waals surface area contributed by atoms with Gasteiger partial charge in [-0.2, -0.15) is 0 Å². The molecule has 6 rings (SSSR count). The minimum atomic E-state index is -0.0758. The maximum Gasteiger partial charge on any atom is 0.145 e. The van der Waals surface area contributed by atoms with Crippen LogP contribution in [0.2, 0.25) is 0 Å². The van der Waals surface area contributed by atoms with E-state index in [-0.39, 0.29) is 6.17 Å². The zero-order valence-corrected chi connectivity index (χ0v) is 18.8. The smallest absolute Gasteiger partial charge is 0.145 e. The molecule has 0 fully saturated rings. The summed E-state index contributed by atoms with van der Waals surface area (Å²) < 4.78 is 3.42. The van der Waals surface area contributed by atoms with Gasteiger partial charge in [-0.1, -0.05) is 101 Å². The Hall–Kier alpha value is -3.63. The number of fused-ring (bicyclic) bond motifs is 3. The number of hydrogen-bond donors (Lipinski definition) is 1. The molecule has 4 aromatic carbocycles. The first-order valence-corrected chi connectivity index (χ1v) is 11.4. The van der Waals surface area contributed by atoms with E-state index in [0.717, 1.165) is 44.1 Å². The van der Waals surface area contributed by atoms with E-state index in [9.17, 15) is 0 Å². The molecule has 32 heavy (non-hydrogen) atoms. The third kappa shape index (κ3) is 3.15. The largest absolute Gasteiger partial charge is 0.361 e. The van der Waals surface area contributed by atoms with Gasteiger partial charge in [0.2, 0.25) is 0 Å². The van der Waals surface area contributed by atoms with Gasteiger partial charge < -0.3 is 5.32 Å². The van der Waals surface area contributed by atoms with Gasteiger partial charge in [0.05, 0.1) is 11.4 Å². The monoisotopic (exact) mass is 477 g/mol. The first-order chi connectivity index (χ1) is 15.8. The minimum absolute atomic E-state index is 0.0758. The summed E-state index contributed by atoms with van der Waals surface area (Å²) >= 11 is 3.57. The summed E-state index contributed by atoms with van der Waals surface area (Å²) in [4.78, 5) is 5.25. The zero-order valence-electron chi connectivity index (χ0n) is 17.2. The predicted molar refractivity (Wildman–Crippen MR) is 134 cm³/mol. The van der Waals surface area contributed by atoms with Crippen LogP contribution in [0, 0.1) is 0 Å². The quantitative estimate of drug-likeness (QED) is 0.289. The van der Waals surface area contributed by atoms with Crippen LogP contribution in [0.4, 0.5) is 5.69 Å². The van der Waals surface area contributed by atoms with Crippen LogP contribution < -0.4 is 5.32 Å². The van der Waals surface area contributed by atoms with Crippen molar-refractivity contribution >= 4 is 21.6 Å². The minimum Gasteiger partial charge on any atom is -0.361 e. The van der Waals surface area contributed by atoms with Crippen LogP contribution in [0.1, 0.15) is 11.7 Å². The molecule has 0 radical (unpaired) electrons. The lowest BCUT2D eigenvalue weighted by Crippen LogP contribution is -2.25. The summed E-state index contributed by atoms with van der Waals surface area (Å²) in [6.45, 7) is 0. The van der Waals surface area contributed by atoms with Crippen LogP contribution in [0.15, 0.2) is 114 Å². The summed E-state index contributed by atoms with van der Waals surface area (Å²) in [5.74, 6) is 0.977. The van der Waals surface area contributed by atoms with Crippen LogP contribution in [-0.4, -0.2) is 9.55 Å². The molecule has 154 valence electrons. The van der Waals surface area contributed by atoms with Crippen molar-refractivity contribution in [3.8, 4) is 33.9 Å². The number of nitrogens with zero attached hydrogens (tertiary/aromatic N) is 2. The number of halogens is 1. The highest BCUT2D eigenvalue weighted by molar-refractivity contribution is 9.10. The van der Waals surface area contributed by atoms with E-state index in [1.807, 2.05) is 6.07 Å². The van der Waals surface area contributed by atoms with E-state index in [1.54, 1.807) is 0 Å². The molecule has 0 amide bonds. The van der Waals surface area contributed by atoms with Crippen LogP contribution in [0.5, 0.6) is 0 Å². The van der Waals surface area contributed by atoms with Crippen molar-refractivity contribution in [3.05, 3.63) is 119 Å². The highest BCUT2D eigenvalue weighted by atomic mass is 79.9. The molecule has 1 atom stereocenters. The Bertz CT molecular complexity index is 1390. The number of imidazole rings is 1. The first-order valence-electron chi connectivity index (χ1n) is 10.6. The average Bonchev–Trinajstić information content (AvgIpc) is 3.26. The normalized spacial score (nSPS) is 14.3. The molecule has 0 bridgehead atoms. The molecule has 1 aliphatic rings. The molecule has 4 heteroatoms. The molecule has 2 heterocycles. The number of aromatic nitrogens is 2. The molecule has 5 aromatic rings. The number of benzene rings is 4. The van der Waals surface area contributed by atoms with Crippen molar-refractivity contribution in [2.24, 2.45) is 0 Å². The number of rotatable bonds is 3. The van der Waals surface area contributed by atoms with Crippen molar-refractivity contribution < 1.29 is 0 Å². The second kappa shape index (κ2) is 7.81. The van der Waals surface area contributed by atoms with E-state index in [1.165, 1.54) is 5.56 Å². The Balaban J connectivity index is 1.69. The molecular weight excluding hydrogens is 458 g/mol. The number of hydrogen-bond acceptors (Lipinski definition) is 2. The van der Waals surface area contributed by atoms with Crippen molar-refractivity contribution in [1.82, 2.24) is 9.55 Å². The topological polar surface area (TPSA) is 29.9 Å². The Morgan fingerprint density at radius 2 is 1.31 bits per heavy atom. The lowest BCUT2D eigenvalue weighted by Gasteiger charge is -2.31. The standard InChI is InChI=1S/C28H20BrN3/c29-22-17-15-21(16-18-22)27-30-24-14-8-7-13-23(24)28-31-25(19-9-3-1-4-10-19)26(32(27)28)20-11-5-2-6-12-20/h1-18,27,30H. The molecule has 3 nitrogen and oxygen atoms in total. The van der Waals surface area contributed by atoms with Gasteiger partial charge >= 0.3 is 0 Å². The zero-order chi connectivity index (χ0) is 21.5. The van der Waals surface area contributed by atoms with Crippen LogP contribution >= 0.6 is 15.9 Å². The molecule has 1 N–H and O–H groups in total. The van der Waals surface area contributed by atoms with Gasteiger partial charge in [0, 0.05) is 26.9 Å². The molecule has 0 saturated carbocycles. The fourth-order valence-corrected chi connectivity index (χ4v) is 4.70. The van der Waals surface area contributed by atoms with Crippen molar-refractivity contribution in [2.75, 3.05) is 5.32 Å². The SMILES string of the molecule is Brc1ccc(C2Nc3ccccc3-c3nc(-c4ccccc4)c(-c4ccccc4)n32)cc1. The molecular formula is C28H20BrN3. The second-order valence-electron chi connectivity index (χ2n) is 7.88. The Morgan fingerprint density at radius 1 is 0.688 bits per heavy atom. The highest BCUT2D eigenvalue weighted by Gasteiger charge is 2.31. The third-order valence-electron chi connectivity index (χ3n) is 5.91.